The molecule has 5 nitrogen and oxygen atoms in total. The van der Waals surface area contributed by atoms with Crippen molar-refractivity contribution in [2.24, 2.45) is 5.73 Å². The van der Waals surface area contributed by atoms with Crippen molar-refractivity contribution in [1.29, 1.82) is 0 Å². The lowest BCUT2D eigenvalue weighted by Gasteiger charge is -2.12. The van der Waals surface area contributed by atoms with Gasteiger partial charge in [-0.15, -0.1) is 0 Å². The lowest BCUT2D eigenvalue weighted by Crippen LogP contribution is -2.21. The average Bonchev–Trinajstić information content (AvgIpc) is 2.33. The molecule has 1 rings (SSSR count). The maximum absolute atomic E-state index is 10.6. The summed E-state index contributed by atoms with van der Waals surface area (Å²) in [5, 5.41) is 3.13. The van der Waals surface area contributed by atoms with Gasteiger partial charge in [0.25, 0.3) is 0 Å². The number of ether oxygens (including phenoxy) is 2. The Hall–Kier alpha value is -1.27. The number of methoxy groups -OCH3 is 2. The third-order valence-electron chi connectivity index (χ3n) is 2.37. The van der Waals surface area contributed by atoms with Gasteiger partial charge in [-0.25, -0.2) is 0 Å². The molecule has 0 aliphatic carbocycles. The highest BCUT2D eigenvalue weighted by atomic mass is 79.9. The molecule has 0 radical (unpaired) electrons. The molecule has 0 spiro atoms. The maximum atomic E-state index is 10.6. The van der Waals surface area contributed by atoms with E-state index in [9.17, 15) is 4.79 Å². The van der Waals surface area contributed by atoms with Gasteiger partial charge in [0.1, 0.15) is 0 Å². The first-order valence-electron chi connectivity index (χ1n) is 5.48. The fraction of sp³-hybridized carbons (Fsp3) is 0.417. The van der Waals surface area contributed by atoms with E-state index in [1.807, 2.05) is 12.1 Å². The smallest absolute Gasteiger partial charge is 0.218 e. The highest BCUT2D eigenvalue weighted by Crippen LogP contribution is 2.36. The Morgan fingerprint density at radius 2 is 2.11 bits per heavy atom. The highest BCUT2D eigenvalue weighted by molar-refractivity contribution is 9.10. The highest BCUT2D eigenvalue weighted by Gasteiger charge is 2.10. The molecular weight excluding hydrogens is 300 g/mol. The van der Waals surface area contributed by atoms with Crippen molar-refractivity contribution >= 4 is 21.8 Å². The molecule has 3 N–H and O–H groups in total. The molecule has 0 unspecified atom stereocenters. The van der Waals surface area contributed by atoms with E-state index in [1.54, 1.807) is 14.2 Å². The van der Waals surface area contributed by atoms with E-state index in [2.05, 4.69) is 21.2 Å². The molecule has 6 heteroatoms. The number of nitrogens with one attached hydrogen (secondary N) is 1. The number of nitrogens with two attached hydrogens (primary N) is 1. The molecule has 0 heterocycles. The quantitative estimate of drug-likeness (QED) is 0.746. The van der Waals surface area contributed by atoms with Crippen LogP contribution in [0.4, 0.5) is 0 Å². The largest absolute Gasteiger partial charge is 0.493 e. The molecule has 0 aromatic heterocycles. The maximum Gasteiger partial charge on any atom is 0.218 e. The van der Waals surface area contributed by atoms with Crippen LogP contribution in [0.5, 0.6) is 11.5 Å². The lowest BCUT2D eigenvalue weighted by atomic mass is 10.2. The van der Waals surface area contributed by atoms with Crippen LogP contribution < -0.4 is 20.5 Å². The number of carbonyl (C=O) groups is 1. The van der Waals surface area contributed by atoms with Crippen molar-refractivity contribution in [2.45, 2.75) is 13.0 Å². The summed E-state index contributed by atoms with van der Waals surface area (Å²) in [6.45, 7) is 1.19. The molecule has 100 valence electrons. The second kappa shape index (κ2) is 7.23. The zero-order valence-electron chi connectivity index (χ0n) is 10.5. The topological polar surface area (TPSA) is 73.6 Å². The first kappa shape index (κ1) is 14.8. The van der Waals surface area contributed by atoms with Crippen molar-refractivity contribution in [3.05, 3.63) is 22.2 Å². The number of primary amides is 1. The zero-order chi connectivity index (χ0) is 13.5. The molecule has 0 saturated heterocycles. The number of carbonyl (C=O) groups excluding carboxylic acids is 1. The van der Waals surface area contributed by atoms with Gasteiger partial charge < -0.3 is 20.5 Å². The van der Waals surface area contributed by atoms with Gasteiger partial charge >= 0.3 is 0 Å². The molecule has 18 heavy (non-hydrogen) atoms. The van der Waals surface area contributed by atoms with Gasteiger partial charge in [-0.1, -0.05) is 0 Å². The van der Waals surface area contributed by atoms with E-state index >= 15 is 0 Å². The van der Waals surface area contributed by atoms with Crippen LogP contribution in [-0.2, 0) is 11.3 Å². The fourth-order valence-electron chi connectivity index (χ4n) is 1.52. The normalized spacial score (nSPS) is 10.2. The summed E-state index contributed by atoms with van der Waals surface area (Å²) in [5.74, 6) is 1.02. The van der Waals surface area contributed by atoms with Gasteiger partial charge in [0.15, 0.2) is 11.5 Å². The number of hydrogen-bond donors (Lipinski definition) is 2. The Kier molecular flexibility index (Phi) is 5.94. The second-order valence-electron chi connectivity index (χ2n) is 3.71. The number of hydrogen-bond acceptors (Lipinski definition) is 4. The van der Waals surface area contributed by atoms with Crippen molar-refractivity contribution in [3.63, 3.8) is 0 Å². The number of amides is 1. The van der Waals surface area contributed by atoms with Crippen LogP contribution in [0.25, 0.3) is 0 Å². The average molecular weight is 317 g/mol. The summed E-state index contributed by atoms with van der Waals surface area (Å²) in [4.78, 5) is 10.6. The summed E-state index contributed by atoms with van der Waals surface area (Å²) in [7, 11) is 3.18. The van der Waals surface area contributed by atoms with Crippen LogP contribution in [0.15, 0.2) is 16.6 Å². The van der Waals surface area contributed by atoms with Gasteiger partial charge in [-0.2, -0.15) is 0 Å². The van der Waals surface area contributed by atoms with E-state index in [0.717, 1.165) is 10.0 Å². The molecule has 1 aromatic carbocycles. The number of benzene rings is 1. The van der Waals surface area contributed by atoms with E-state index in [0.29, 0.717) is 31.0 Å². The molecule has 0 aliphatic rings. The Labute approximate surface area is 115 Å². The first-order chi connectivity index (χ1) is 8.58. The SMILES string of the molecule is COc1cc(CNCCC(N)=O)cc(Br)c1OC. The minimum atomic E-state index is -0.309. The van der Waals surface area contributed by atoms with Gasteiger partial charge in [0.05, 0.1) is 18.7 Å². The van der Waals surface area contributed by atoms with Crippen LogP contribution in [-0.4, -0.2) is 26.7 Å². The van der Waals surface area contributed by atoms with E-state index in [-0.39, 0.29) is 5.91 Å². The van der Waals surface area contributed by atoms with E-state index < -0.39 is 0 Å². The third kappa shape index (κ3) is 4.19. The molecule has 0 atom stereocenters. The Morgan fingerprint density at radius 1 is 1.39 bits per heavy atom. The second-order valence-corrected chi connectivity index (χ2v) is 4.56. The van der Waals surface area contributed by atoms with Crippen molar-refractivity contribution < 1.29 is 14.3 Å². The monoisotopic (exact) mass is 316 g/mol. The minimum Gasteiger partial charge on any atom is -0.493 e. The predicted octanol–water partition coefficient (Wildman–Crippen LogP) is 1.43. The molecule has 0 fully saturated rings. The van der Waals surface area contributed by atoms with Crippen LogP contribution in [0, 0.1) is 0 Å². The Morgan fingerprint density at radius 3 is 2.67 bits per heavy atom. The molecule has 0 saturated carbocycles. The Bertz CT molecular complexity index is 424. The molecule has 1 amide bonds. The van der Waals surface area contributed by atoms with Crippen LogP contribution >= 0.6 is 15.9 Å². The standard InChI is InChI=1S/C12H17BrN2O3/c1-17-10-6-8(5-9(13)12(10)18-2)7-15-4-3-11(14)16/h5-6,15H,3-4,7H2,1-2H3,(H2,14,16). The van der Waals surface area contributed by atoms with Gasteiger partial charge in [-0.3, -0.25) is 4.79 Å². The molecular formula is C12H17BrN2O3. The summed E-state index contributed by atoms with van der Waals surface area (Å²) < 4.78 is 11.3. The van der Waals surface area contributed by atoms with Crippen LogP contribution in [0.2, 0.25) is 0 Å². The van der Waals surface area contributed by atoms with Crippen molar-refractivity contribution in [3.8, 4) is 11.5 Å². The lowest BCUT2D eigenvalue weighted by molar-refractivity contribution is -0.117. The van der Waals surface area contributed by atoms with Gasteiger partial charge in [-0.05, 0) is 33.6 Å². The molecule has 0 aliphatic heterocycles. The van der Waals surface area contributed by atoms with E-state index in [1.165, 1.54) is 0 Å². The summed E-state index contributed by atoms with van der Waals surface area (Å²) in [6, 6.07) is 3.83. The predicted molar refractivity (Wildman–Crippen MR) is 72.8 cm³/mol. The number of halogens is 1. The summed E-state index contributed by atoms with van der Waals surface area (Å²) in [5.41, 5.74) is 6.09. The third-order valence-corrected chi connectivity index (χ3v) is 2.96. The summed E-state index contributed by atoms with van der Waals surface area (Å²) in [6.07, 6.45) is 0.328. The van der Waals surface area contributed by atoms with Crippen molar-refractivity contribution in [2.75, 3.05) is 20.8 Å². The minimum absolute atomic E-state index is 0.309. The van der Waals surface area contributed by atoms with E-state index in [4.69, 9.17) is 15.2 Å². The fourth-order valence-corrected chi connectivity index (χ4v) is 2.17. The van der Waals surface area contributed by atoms with Gasteiger partial charge in [0.2, 0.25) is 5.91 Å². The molecule has 1 aromatic rings. The summed E-state index contributed by atoms with van der Waals surface area (Å²) >= 11 is 3.42. The zero-order valence-corrected chi connectivity index (χ0v) is 12.0. The van der Waals surface area contributed by atoms with Crippen LogP contribution in [0.3, 0.4) is 0 Å². The first-order valence-corrected chi connectivity index (χ1v) is 6.27. The Balaban J connectivity index is 2.67. The van der Waals surface area contributed by atoms with Gasteiger partial charge in [0, 0.05) is 19.5 Å². The van der Waals surface area contributed by atoms with Crippen molar-refractivity contribution in [1.82, 2.24) is 5.32 Å². The number of rotatable bonds is 7. The van der Waals surface area contributed by atoms with Crippen LogP contribution in [0.1, 0.15) is 12.0 Å². The molecule has 0 bridgehead atoms.